The molecule has 22 heavy (non-hydrogen) atoms. The van der Waals surface area contributed by atoms with Crippen molar-refractivity contribution in [2.45, 2.75) is 60.4 Å². The predicted molar refractivity (Wildman–Crippen MR) is 98.8 cm³/mol. The molecule has 0 aliphatic rings. The Hall–Kier alpha value is -1.08. The second-order valence-corrected chi connectivity index (χ2v) is 7.72. The van der Waals surface area contributed by atoms with Crippen LogP contribution in [0.15, 0.2) is 42.5 Å². The van der Waals surface area contributed by atoms with E-state index in [1.165, 1.54) is 5.56 Å². The second-order valence-electron chi connectivity index (χ2n) is 7.72. The largest absolute Gasteiger partial charge is 0.327 e. The van der Waals surface area contributed by atoms with E-state index in [4.69, 9.17) is 5.73 Å². The molecule has 1 heteroatoms. The molecule has 0 saturated heterocycles. The van der Waals surface area contributed by atoms with Gasteiger partial charge in [-0.25, -0.2) is 0 Å². The first kappa shape index (κ1) is 19.0. The summed E-state index contributed by atoms with van der Waals surface area (Å²) in [6, 6.07) is 10.9. The third-order valence-corrected chi connectivity index (χ3v) is 5.40. The lowest BCUT2D eigenvalue weighted by atomic mass is 9.71. The van der Waals surface area contributed by atoms with Crippen molar-refractivity contribution in [2.75, 3.05) is 0 Å². The highest BCUT2D eigenvalue weighted by molar-refractivity contribution is 5.15. The minimum atomic E-state index is 0.138. The van der Waals surface area contributed by atoms with Gasteiger partial charge in [-0.05, 0) is 41.6 Å². The monoisotopic (exact) mass is 301 g/mol. The van der Waals surface area contributed by atoms with E-state index >= 15 is 0 Å². The van der Waals surface area contributed by atoms with E-state index < -0.39 is 0 Å². The minimum Gasteiger partial charge on any atom is -0.327 e. The third kappa shape index (κ3) is 5.61. The first-order valence-corrected chi connectivity index (χ1v) is 8.73. The highest BCUT2D eigenvalue weighted by Crippen LogP contribution is 2.34. The van der Waals surface area contributed by atoms with Crippen molar-refractivity contribution in [3.05, 3.63) is 48.0 Å². The quantitative estimate of drug-likeness (QED) is 0.634. The van der Waals surface area contributed by atoms with Crippen LogP contribution in [-0.4, -0.2) is 6.04 Å². The van der Waals surface area contributed by atoms with Gasteiger partial charge in [0.1, 0.15) is 0 Å². The van der Waals surface area contributed by atoms with Gasteiger partial charge in [-0.15, -0.1) is 0 Å². The van der Waals surface area contributed by atoms with Crippen LogP contribution in [0.1, 0.15) is 53.5 Å². The molecule has 1 aromatic rings. The number of hydrogen-bond acceptors (Lipinski definition) is 1. The number of benzene rings is 1. The summed E-state index contributed by atoms with van der Waals surface area (Å²) in [4.78, 5) is 0. The van der Waals surface area contributed by atoms with Crippen molar-refractivity contribution in [2.24, 2.45) is 28.9 Å². The Morgan fingerprint density at radius 1 is 1.05 bits per heavy atom. The lowest BCUT2D eigenvalue weighted by Crippen LogP contribution is -2.43. The topological polar surface area (TPSA) is 26.0 Å². The molecule has 0 unspecified atom stereocenters. The fourth-order valence-electron chi connectivity index (χ4n) is 2.83. The van der Waals surface area contributed by atoms with Crippen molar-refractivity contribution >= 4 is 0 Å². The molecule has 0 saturated carbocycles. The number of aryl methyl sites for hydroxylation is 1. The van der Waals surface area contributed by atoms with Gasteiger partial charge in [-0.2, -0.15) is 0 Å². The summed E-state index contributed by atoms with van der Waals surface area (Å²) in [7, 11) is 0. The van der Waals surface area contributed by atoms with Gasteiger partial charge < -0.3 is 5.73 Å². The fourth-order valence-corrected chi connectivity index (χ4v) is 2.83. The Bertz CT molecular complexity index is 444. The van der Waals surface area contributed by atoms with Crippen molar-refractivity contribution in [3.63, 3.8) is 0 Å². The van der Waals surface area contributed by atoms with E-state index in [0.29, 0.717) is 17.8 Å². The Morgan fingerprint density at radius 2 is 1.64 bits per heavy atom. The molecule has 0 fully saturated rings. The normalized spacial score (nSPS) is 16.9. The molecule has 0 heterocycles. The van der Waals surface area contributed by atoms with Gasteiger partial charge in [-0.3, -0.25) is 0 Å². The van der Waals surface area contributed by atoms with Crippen LogP contribution < -0.4 is 5.73 Å². The van der Waals surface area contributed by atoms with Crippen molar-refractivity contribution in [1.29, 1.82) is 0 Å². The molecule has 1 aromatic carbocycles. The second kappa shape index (κ2) is 8.53. The maximum absolute atomic E-state index is 6.51. The average Bonchev–Trinajstić information content (AvgIpc) is 2.50. The van der Waals surface area contributed by atoms with E-state index in [-0.39, 0.29) is 11.5 Å². The van der Waals surface area contributed by atoms with E-state index in [9.17, 15) is 0 Å². The van der Waals surface area contributed by atoms with Crippen LogP contribution in [0, 0.1) is 23.2 Å². The number of hydrogen-bond donors (Lipinski definition) is 1. The van der Waals surface area contributed by atoms with Gasteiger partial charge in [0.15, 0.2) is 0 Å². The van der Waals surface area contributed by atoms with Crippen molar-refractivity contribution in [1.82, 2.24) is 0 Å². The molecule has 0 aromatic heterocycles. The van der Waals surface area contributed by atoms with Gasteiger partial charge in [0, 0.05) is 6.04 Å². The summed E-state index contributed by atoms with van der Waals surface area (Å²) >= 11 is 0. The molecule has 3 atom stereocenters. The Balaban J connectivity index is 2.56. The van der Waals surface area contributed by atoms with Crippen LogP contribution in [0.5, 0.6) is 0 Å². The van der Waals surface area contributed by atoms with Crippen LogP contribution in [0.2, 0.25) is 0 Å². The standard InChI is InChI=1S/C21H35N/c1-16(2)17(3)20(22)18(4)21(5,6)15-11-10-14-19-12-8-7-9-13-19/h7-9,11-13,15-18,20H,10,14,22H2,1-6H3/b15-11-/t17-,18+,20-/m0/s1. The van der Waals surface area contributed by atoms with Gasteiger partial charge in [0.25, 0.3) is 0 Å². The zero-order valence-electron chi connectivity index (χ0n) is 15.3. The SMILES string of the molecule is CC(C)[C@H](C)[C@H](N)[C@@H](C)C(C)(C)/C=C\CCc1ccccc1. The third-order valence-electron chi connectivity index (χ3n) is 5.40. The van der Waals surface area contributed by atoms with Crippen LogP contribution in [0.3, 0.4) is 0 Å². The maximum atomic E-state index is 6.51. The lowest BCUT2D eigenvalue weighted by molar-refractivity contribution is 0.189. The molecule has 2 N–H and O–H groups in total. The Kier molecular flexibility index (Phi) is 7.35. The van der Waals surface area contributed by atoms with Crippen molar-refractivity contribution in [3.8, 4) is 0 Å². The van der Waals surface area contributed by atoms with Gasteiger partial charge in [0.2, 0.25) is 0 Å². The highest BCUT2D eigenvalue weighted by Gasteiger charge is 2.31. The first-order chi connectivity index (χ1) is 10.3. The molecule has 0 amide bonds. The summed E-state index contributed by atoms with van der Waals surface area (Å²) < 4.78 is 0. The van der Waals surface area contributed by atoms with E-state index in [1.54, 1.807) is 0 Å². The summed E-state index contributed by atoms with van der Waals surface area (Å²) in [5.41, 5.74) is 8.05. The number of allylic oxidation sites excluding steroid dienone is 2. The molecule has 0 radical (unpaired) electrons. The smallest absolute Gasteiger partial charge is 0.0101 e. The molecular weight excluding hydrogens is 266 g/mol. The summed E-state index contributed by atoms with van der Waals surface area (Å²) in [5.74, 6) is 1.65. The Morgan fingerprint density at radius 3 is 2.18 bits per heavy atom. The van der Waals surface area contributed by atoms with Crippen LogP contribution in [0.25, 0.3) is 0 Å². The zero-order valence-corrected chi connectivity index (χ0v) is 15.3. The van der Waals surface area contributed by atoms with Crippen LogP contribution in [0.4, 0.5) is 0 Å². The van der Waals surface area contributed by atoms with Crippen LogP contribution in [-0.2, 0) is 6.42 Å². The molecule has 1 nitrogen and oxygen atoms in total. The fraction of sp³-hybridized carbons (Fsp3) is 0.619. The predicted octanol–water partition coefficient (Wildman–Crippen LogP) is 5.46. The number of nitrogens with two attached hydrogens (primary N) is 1. The molecule has 0 bridgehead atoms. The lowest BCUT2D eigenvalue weighted by Gasteiger charge is -2.37. The molecule has 124 valence electrons. The van der Waals surface area contributed by atoms with E-state index in [0.717, 1.165) is 12.8 Å². The molecule has 0 spiro atoms. The Labute approximate surface area is 138 Å². The highest BCUT2D eigenvalue weighted by atomic mass is 14.7. The summed E-state index contributed by atoms with van der Waals surface area (Å²) in [6.07, 6.45) is 6.90. The minimum absolute atomic E-state index is 0.138. The number of rotatable bonds is 8. The molecule has 0 aliphatic carbocycles. The average molecular weight is 302 g/mol. The molecule has 0 aliphatic heterocycles. The van der Waals surface area contributed by atoms with Gasteiger partial charge in [-0.1, -0.05) is 84.0 Å². The van der Waals surface area contributed by atoms with Gasteiger partial charge >= 0.3 is 0 Å². The van der Waals surface area contributed by atoms with E-state index in [2.05, 4.69) is 84.0 Å². The van der Waals surface area contributed by atoms with Gasteiger partial charge in [0.05, 0.1) is 0 Å². The van der Waals surface area contributed by atoms with Crippen molar-refractivity contribution < 1.29 is 0 Å². The van der Waals surface area contributed by atoms with Crippen LogP contribution >= 0.6 is 0 Å². The first-order valence-electron chi connectivity index (χ1n) is 8.73. The summed E-state index contributed by atoms with van der Waals surface area (Å²) in [6.45, 7) is 13.7. The summed E-state index contributed by atoms with van der Waals surface area (Å²) in [5, 5.41) is 0. The zero-order chi connectivity index (χ0) is 16.8. The molecular formula is C21H35N. The molecule has 1 rings (SSSR count). The maximum Gasteiger partial charge on any atom is 0.0101 e. The van der Waals surface area contributed by atoms with E-state index in [1.807, 2.05) is 0 Å².